The molecule has 1 aliphatic heterocycles. The number of anilines is 2. The number of thiophene rings is 1. The van der Waals surface area contributed by atoms with Crippen LogP contribution >= 0.6 is 11.3 Å². The zero-order valence-electron chi connectivity index (χ0n) is 28.0. The first-order valence-electron chi connectivity index (χ1n) is 17.9. The number of rotatable bonds is 3. The summed E-state index contributed by atoms with van der Waals surface area (Å²) >= 11 is 1.91. The molecule has 1 aliphatic carbocycles. The highest BCUT2D eigenvalue weighted by Gasteiger charge is 2.42. The maximum Gasteiger partial charge on any atom is 0.160 e. The normalized spacial score (nSPS) is 16.3. The summed E-state index contributed by atoms with van der Waals surface area (Å²) in [6.07, 6.45) is 4.79. The molecule has 0 fully saturated rings. The highest BCUT2D eigenvalue weighted by molar-refractivity contribution is 7.20. The Labute approximate surface area is 303 Å². The Morgan fingerprint density at radius 3 is 2.13 bits per heavy atom. The van der Waals surface area contributed by atoms with Crippen LogP contribution in [0.2, 0.25) is 0 Å². The van der Waals surface area contributed by atoms with Crippen LogP contribution in [-0.2, 0) is 0 Å². The maximum atomic E-state index is 6.64. The van der Waals surface area contributed by atoms with Crippen LogP contribution in [0, 0.1) is 0 Å². The number of fused-ring (bicyclic) bond motifs is 14. The van der Waals surface area contributed by atoms with Crippen LogP contribution in [0.25, 0.3) is 76.7 Å². The number of hydrogen-bond donors (Lipinski definition) is 0. The Kier molecular flexibility index (Phi) is 5.77. The Morgan fingerprint density at radius 2 is 1.27 bits per heavy atom. The molecule has 0 saturated carbocycles. The van der Waals surface area contributed by atoms with Crippen molar-refractivity contribution in [1.82, 2.24) is 4.57 Å². The molecule has 244 valence electrons. The molecule has 0 N–H and O–H groups in total. The van der Waals surface area contributed by atoms with Gasteiger partial charge in [-0.3, -0.25) is 0 Å². The van der Waals surface area contributed by atoms with Crippen LogP contribution in [0.15, 0.2) is 168 Å². The highest BCUT2D eigenvalue weighted by Crippen LogP contribution is 2.55. The minimum absolute atomic E-state index is 0.204. The van der Waals surface area contributed by atoms with Gasteiger partial charge in [0.15, 0.2) is 5.58 Å². The summed E-state index contributed by atoms with van der Waals surface area (Å²) in [6, 6.07) is 57.7. The fourth-order valence-corrected chi connectivity index (χ4v) is 10.3. The van der Waals surface area contributed by atoms with Gasteiger partial charge < -0.3 is 13.9 Å². The third-order valence-corrected chi connectivity index (χ3v) is 12.5. The van der Waals surface area contributed by atoms with Gasteiger partial charge in [-0.1, -0.05) is 103 Å². The molecule has 0 amide bonds. The highest BCUT2D eigenvalue weighted by atomic mass is 32.1. The lowest BCUT2D eigenvalue weighted by Crippen LogP contribution is -2.30. The van der Waals surface area contributed by atoms with Crippen molar-refractivity contribution < 1.29 is 4.42 Å². The molecule has 7 aromatic carbocycles. The second kappa shape index (κ2) is 10.6. The molecule has 3 nitrogen and oxygen atoms in total. The second-order valence-corrected chi connectivity index (χ2v) is 15.1. The van der Waals surface area contributed by atoms with Gasteiger partial charge in [-0.15, -0.1) is 11.3 Å². The molecule has 3 aromatic heterocycles. The topological polar surface area (TPSA) is 21.3 Å². The third-order valence-electron chi connectivity index (χ3n) is 11.3. The number of furan rings is 1. The number of nitrogens with zero attached hydrogens (tertiary/aromatic N) is 2. The van der Waals surface area contributed by atoms with Crippen molar-refractivity contribution in [3.63, 3.8) is 0 Å². The number of aromatic nitrogens is 1. The van der Waals surface area contributed by atoms with Crippen molar-refractivity contribution in [1.29, 1.82) is 0 Å². The lowest BCUT2D eigenvalue weighted by Gasteiger charge is -2.30. The minimum atomic E-state index is 0.204. The Morgan fingerprint density at radius 1 is 0.558 bits per heavy atom. The van der Waals surface area contributed by atoms with Crippen molar-refractivity contribution in [3.8, 4) is 16.8 Å². The van der Waals surface area contributed by atoms with Gasteiger partial charge in [0.2, 0.25) is 0 Å². The van der Waals surface area contributed by atoms with Gasteiger partial charge in [0, 0.05) is 54.1 Å². The predicted octanol–water partition coefficient (Wildman–Crippen LogP) is 13.2. The smallest absolute Gasteiger partial charge is 0.160 e. The molecule has 12 rings (SSSR count). The van der Waals surface area contributed by atoms with Gasteiger partial charge in [0.25, 0.3) is 0 Å². The van der Waals surface area contributed by atoms with E-state index in [1.165, 1.54) is 59.4 Å². The molecule has 0 spiro atoms. The average Bonchev–Trinajstić information content (AvgIpc) is 3.95. The summed E-state index contributed by atoms with van der Waals surface area (Å²) in [6.45, 7) is 0. The van der Waals surface area contributed by atoms with E-state index in [1.54, 1.807) is 0 Å². The van der Waals surface area contributed by atoms with E-state index in [0.29, 0.717) is 0 Å². The van der Waals surface area contributed by atoms with Gasteiger partial charge >= 0.3 is 0 Å². The number of para-hydroxylation sites is 3. The summed E-state index contributed by atoms with van der Waals surface area (Å²) in [4.78, 5) is 3.94. The second-order valence-electron chi connectivity index (χ2n) is 14.0. The molecular weight excluding hydrogens is 653 g/mol. The molecule has 0 bridgehead atoms. The van der Waals surface area contributed by atoms with Crippen molar-refractivity contribution >= 4 is 82.6 Å². The minimum Gasteiger partial charge on any atom is -0.454 e. The van der Waals surface area contributed by atoms with Crippen LogP contribution in [0.5, 0.6) is 0 Å². The summed E-state index contributed by atoms with van der Waals surface area (Å²) in [5.74, 6) is 0.262. The van der Waals surface area contributed by atoms with Gasteiger partial charge in [-0.05, 0) is 94.4 Å². The van der Waals surface area contributed by atoms with E-state index in [-0.39, 0.29) is 12.0 Å². The van der Waals surface area contributed by atoms with Crippen LogP contribution in [0.3, 0.4) is 0 Å². The van der Waals surface area contributed by atoms with Gasteiger partial charge in [0.1, 0.15) is 5.58 Å². The molecule has 2 atom stereocenters. The molecule has 4 heterocycles. The molecule has 4 heteroatoms. The lowest BCUT2D eigenvalue weighted by molar-refractivity contribution is 0.671. The summed E-state index contributed by atoms with van der Waals surface area (Å²) in [5, 5.41) is 6.06. The largest absolute Gasteiger partial charge is 0.454 e. The van der Waals surface area contributed by atoms with E-state index < -0.39 is 0 Å². The van der Waals surface area contributed by atoms with Gasteiger partial charge in [-0.2, -0.15) is 0 Å². The summed E-state index contributed by atoms with van der Waals surface area (Å²) in [7, 11) is 0. The van der Waals surface area contributed by atoms with Crippen molar-refractivity contribution in [2.45, 2.75) is 12.0 Å². The van der Waals surface area contributed by atoms with Crippen LogP contribution in [0.1, 0.15) is 21.9 Å². The molecule has 10 aromatic rings. The zero-order chi connectivity index (χ0) is 33.9. The SMILES string of the molecule is C1=CC2C(c3ccc(-c4ccc5c(c4)c4ccc6c7ccccc7oc6c4n5-c4ccccc4)cc3N2c2ccccc2)c2c1sc1ccccc21. The molecule has 2 aliphatic rings. The first-order valence-corrected chi connectivity index (χ1v) is 18.7. The van der Waals surface area contributed by atoms with E-state index in [9.17, 15) is 0 Å². The average molecular weight is 683 g/mol. The van der Waals surface area contributed by atoms with E-state index in [4.69, 9.17) is 4.42 Å². The third kappa shape index (κ3) is 3.85. The zero-order valence-corrected chi connectivity index (χ0v) is 28.8. The number of hydrogen-bond acceptors (Lipinski definition) is 3. The standard InChI is InChI=1S/C48H30N2OS/c1-3-11-31(12-4-1)49-40-25-26-44-46(37-16-8-10-18-43(37)52-44)45(40)36-21-19-30(28-41(36)49)29-20-24-39-38(27-29)34-22-23-35-33-15-7-9-17-42(33)51-48(35)47(34)50(39)32-13-5-2-6-14-32/h1-28,40,45H. The lowest BCUT2D eigenvalue weighted by atomic mass is 9.82. The van der Waals surface area contributed by atoms with Crippen molar-refractivity contribution in [3.05, 3.63) is 180 Å². The quantitative estimate of drug-likeness (QED) is 0.185. The van der Waals surface area contributed by atoms with Gasteiger partial charge in [-0.25, -0.2) is 0 Å². The maximum absolute atomic E-state index is 6.64. The van der Waals surface area contributed by atoms with Crippen molar-refractivity contribution in [2.24, 2.45) is 0 Å². The monoisotopic (exact) mass is 682 g/mol. The fourth-order valence-electron chi connectivity index (χ4n) is 9.13. The Hall–Kier alpha value is -6.36. The molecule has 0 saturated heterocycles. The Bertz CT molecular complexity index is 3090. The fraction of sp³-hybridized carbons (Fsp3) is 0.0417. The van der Waals surface area contributed by atoms with E-state index in [2.05, 4.69) is 173 Å². The first-order chi connectivity index (χ1) is 25.8. The molecule has 2 unspecified atom stereocenters. The van der Waals surface area contributed by atoms with E-state index in [1.807, 2.05) is 17.4 Å². The molecular formula is C48H30N2OS. The molecule has 52 heavy (non-hydrogen) atoms. The van der Waals surface area contributed by atoms with Crippen molar-refractivity contribution in [2.75, 3.05) is 4.90 Å². The molecule has 0 radical (unpaired) electrons. The van der Waals surface area contributed by atoms with E-state index >= 15 is 0 Å². The van der Waals surface area contributed by atoms with Gasteiger partial charge in [0.05, 0.1) is 17.1 Å². The van der Waals surface area contributed by atoms with Crippen LogP contribution < -0.4 is 4.90 Å². The van der Waals surface area contributed by atoms with Crippen LogP contribution in [0.4, 0.5) is 11.4 Å². The van der Waals surface area contributed by atoms with E-state index in [0.717, 1.165) is 38.7 Å². The first kappa shape index (κ1) is 28.3. The van der Waals surface area contributed by atoms with Crippen LogP contribution in [-0.4, -0.2) is 10.6 Å². The number of benzene rings is 7. The predicted molar refractivity (Wildman–Crippen MR) is 219 cm³/mol. The summed E-state index contributed by atoms with van der Waals surface area (Å²) < 4.78 is 10.4. The summed E-state index contributed by atoms with van der Waals surface area (Å²) in [5.41, 5.74) is 13.0. The Balaban J connectivity index is 1.08.